The van der Waals surface area contributed by atoms with E-state index >= 15 is 0 Å². The van der Waals surface area contributed by atoms with Crippen molar-refractivity contribution in [2.75, 3.05) is 0 Å². The van der Waals surface area contributed by atoms with Gasteiger partial charge in [-0.2, -0.15) is 0 Å². The summed E-state index contributed by atoms with van der Waals surface area (Å²) in [5.74, 6) is -0.319. The Labute approximate surface area is 156 Å². The second kappa shape index (κ2) is 8.23. The highest BCUT2D eigenvalue weighted by molar-refractivity contribution is 5.86. The lowest BCUT2D eigenvalue weighted by Crippen LogP contribution is -2.47. The molecule has 3 aromatic carbocycles. The van der Waals surface area contributed by atoms with Crippen LogP contribution in [-0.2, 0) is 16.0 Å². The first-order chi connectivity index (χ1) is 13.0. The Morgan fingerprint density at radius 3 is 2.44 bits per heavy atom. The number of carbonyl (C=O) groups excluding carboxylic acids is 2. The summed E-state index contributed by atoms with van der Waals surface area (Å²) in [4.78, 5) is 24.1. The molecule has 1 unspecified atom stereocenters. The monoisotopic (exact) mass is 364 g/mol. The molecule has 0 fully saturated rings. The summed E-state index contributed by atoms with van der Waals surface area (Å²) >= 11 is 0. The molecule has 3 aromatic rings. The van der Waals surface area contributed by atoms with Crippen molar-refractivity contribution < 1.29 is 19.4 Å². The minimum Gasteiger partial charge on any atom is -0.508 e. The Balaban J connectivity index is 1.52. The van der Waals surface area contributed by atoms with Gasteiger partial charge in [-0.15, -0.1) is 0 Å². The number of amides is 2. The van der Waals surface area contributed by atoms with Crippen molar-refractivity contribution >= 4 is 22.6 Å². The van der Waals surface area contributed by atoms with Gasteiger partial charge in [-0.05, 0) is 35.9 Å². The van der Waals surface area contributed by atoms with E-state index in [2.05, 4.69) is 10.9 Å². The van der Waals surface area contributed by atoms with Crippen LogP contribution in [0.4, 0.5) is 0 Å². The van der Waals surface area contributed by atoms with Crippen LogP contribution < -0.4 is 15.6 Å². The Morgan fingerprint density at radius 2 is 1.67 bits per heavy atom. The molecule has 3 rings (SSSR count). The molecule has 0 saturated carbocycles. The van der Waals surface area contributed by atoms with Gasteiger partial charge in [0.25, 0.3) is 5.91 Å². The Bertz CT molecular complexity index is 971. The van der Waals surface area contributed by atoms with Gasteiger partial charge < -0.3 is 9.84 Å². The number of benzene rings is 3. The molecule has 6 nitrogen and oxygen atoms in total. The van der Waals surface area contributed by atoms with E-state index in [4.69, 9.17) is 4.74 Å². The third-order valence-electron chi connectivity index (χ3n) is 4.07. The molecule has 3 N–H and O–H groups in total. The van der Waals surface area contributed by atoms with Gasteiger partial charge >= 0.3 is 0 Å². The fourth-order valence-electron chi connectivity index (χ4n) is 2.61. The van der Waals surface area contributed by atoms with Crippen LogP contribution in [0.2, 0.25) is 0 Å². The Kier molecular flexibility index (Phi) is 5.56. The highest BCUT2D eigenvalue weighted by atomic mass is 16.5. The van der Waals surface area contributed by atoms with Gasteiger partial charge in [0.1, 0.15) is 11.5 Å². The molecule has 138 valence electrons. The van der Waals surface area contributed by atoms with Gasteiger partial charge in [0.2, 0.25) is 5.91 Å². The van der Waals surface area contributed by atoms with Gasteiger partial charge in [0, 0.05) is 5.56 Å². The minimum absolute atomic E-state index is 0.0342. The first kappa shape index (κ1) is 18.3. The van der Waals surface area contributed by atoms with Crippen molar-refractivity contribution in [1.82, 2.24) is 10.9 Å². The molecular formula is C21H20N2O4. The molecular weight excluding hydrogens is 344 g/mol. The van der Waals surface area contributed by atoms with E-state index in [1.807, 2.05) is 36.4 Å². The Morgan fingerprint density at radius 1 is 0.963 bits per heavy atom. The molecule has 0 aliphatic heterocycles. The number of para-hydroxylation sites is 1. The third kappa shape index (κ3) is 4.76. The minimum atomic E-state index is -0.795. The van der Waals surface area contributed by atoms with Crippen LogP contribution in [0.1, 0.15) is 12.5 Å². The number of carbonyl (C=O) groups is 2. The number of ether oxygens (including phenoxy) is 1. The van der Waals surface area contributed by atoms with Gasteiger partial charge in [0.05, 0.1) is 6.42 Å². The standard InChI is InChI=1S/C21H20N2O4/c1-14(27-18-11-10-15-6-2-3-7-16(15)12-18)21(26)23-22-20(25)13-17-8-4-5-9-19(17)24/h2-12,14,24H,13H2,1H3,(H,22,25)(H,23,26). The summed E-state index contributed by atoms with van der Waals surface area (Å²) in [5, 5.41) is 11.8. The maximum absolute atomic E-state index is 12.1. The number of phenolic OH excluding ortho intramolecular Hbond substituents is 1. The zero-order valence-corrected chi connectivity index (χ0v) is 14.8. The first-order valence-electron chi connectivity index (χ1n) is 8.54. The van der Waals surface area contributed by atoms with Crippen LogP contribution in [0.15, 0.2) is 66.7 Å². The molecule has 27 heavy (non-hydrogen) atoms. The first-order valence-corrected chi connectivity index (χ1v) is 8.54. The highest BCUT2D eigenvalue weighted by Crippen LogP contribution is 2.21. The molecule has 6 heteroatoms. The molecule has 0 aromatic heterocycles. The largest absolute Gasteiger partial charge is 0.508 e. The maximum Gasteiger partial charge on any atom is 0.279 e. The summed E-state index contributed by atoms with van der Waals surface area (Å²) in [7, 11) is 0. The van der Waals surface area contributed by atoms with E-state index in [9.17, 15) is 14.7 Å². The van der Waals surface area contributed by atoms with Crippen molar-refractivity contribution in [2.24, 2.45) is 0 Å². The fourth-order valence-corrected chi connectivity index (χ4v) is 2.61. The van der Waals surface area contributed by atoms with Crippen LogP contribution in [0.3, 0.4) is 0 Å². The summed E-state index contributed by atoms with van der Waals surface area (Å²) < 4.78 is 5.65. The zero-order valence-electron chi connectivity index (χ0n) is 14.8. The third-order valence-corrected chi connectivity index (χ3v) is 4.07. The van der Waals surface area contributed by atoms with Crippen molar-refractivity contribution in [3.8, 4) is 11.5 Å². The number of fused-ring (bicyclic) bond motifs is 1. The van der Waals surface area contributed by atoms with Crippen molar-refractivity contribution in [3.05, 3.63) is 72.3 Å². The number of hydrogen-bond donors (Lipinski definition) is 3. The molecule has 0 radical (unpaired) electrons. The molecule has 1 atom stereocenters. The lowest BCUT2D eigenvalue weighted by atomic mass is 10.1. The van der Waals surface area contributed by atoms with Gasteiger partial charge in [0.15, 0.2) is 6.10 Å². The average molecular weight is 364 g/mol. The topological polar surface area (TPSA) is 87.7 Å². The Hall–Kier alpha value is -3.54. The van der Waals surface area contributed by atoms with Gasteiger partial charge in [-0.1, -0.05) is 48.5 Å². The van der Waals surface area contributed by atoms with Crippen molar-refractivity contribution in [2.45, 2.75) is 19.4 Å². The van der Waals surface area contributed by atoms with Crippen LogP contribution in [0.5, 0.6) is 11.5 Å². The number of nitrogens with one attached hydrogen (secondary N) is 2. The lowest BCUT2D eigenvalue weighted by Gasteiger charge is -2.15. The fraction of sp³-hybridized carbons (Fsp3) is 0.143. The van der Waals surface area contributed by atoms with Crippen LogP contribution >= 0.6 is 0 Å². The predicted octanol–water partition coefficient (Wildman–Crippen LogP) is 2.70. The van der Waals surface area contributed by atoms with E-state index in [0.29, 0.717) is 11.3 Å². The summed E-state index contributed by atoms with van der Waals surface area (Å²) in [6.07, 6.45) is -0.844. The average Bonchev–Trinajstić information content (AvgIpc) is 2.67. The van der Waals surface area contributed by atoms with Crippen LogP contribution in [0, 0.1) is 0 Å². The molecule has 0 heterocycles. The van der Waals surface area contributed by atoms with Crippen molar-refractivity contribution in [3.63, 3.8) is 0 Å². The summed E-state index contributed by atoms with van der Waals surface area (Å²) in [6.45, 7) is 1.60. The smallest absolute Gasteiger partial charge is 0.279 e. The zero-order chi connectivity index (χ0) is 19.2. The molecule has 0 bridgehead atoms. The summed E-state index contributed by atoms with van der Waals surface area (Å²) in [6, 6.07) is 20.0. The molecule has 0 aliphatic rings. The predicted molar refractivity (Wildman–Crippen MR) is 102 cm³/mol. The maximum atomic E-state index is 12.1. The van der Waals surface area contributed by atoms with Crippen LogP contribution in [-0.4, -0.2) is 23.0 Å². The van der Waals surface area contributed by atoms with E-state index in [1.54, 1.807) is 31.2 Å². The second-order valence-corrected chi connectivity index (χ2v) is 6.11. The number of hydrogen-bond acceptors (Lipinski definition) is 4. The van der Waals surface area contributed by atoms with E-state index < -0.39 is 17.9 Å². The lowest BCUT2D eigenvalue weighted by molar-refractivity contribution is -0.132. The van der Waals surface area contributed by atoms with Crippen LogP contribution in [0.25, 0.3) is 10.8 Å². The van der Waals surface area contributed by atoms with E-state index in [0.717, 1.165) is 10.8 Å². The molecule has 0 saturated heterocycles. The van der Waals surface area contributed by atoms with E-state index in [1.165, 1.54) is 6.07 Å². The number of aromatic hydroxyl groups is 1. The summed E-state index contributed by atoms with van der Waals surface area (Å²) in [5.41, 5.74) is 5.14. The highest BCUT2D eigenvalue weighted by Gasteiger charge is 2.16. The quantitative estimate of drug-likeness (QED) is 0.608. The van der Waals surface area contributed by atoms with Crippen molar-refractivity contribution in [1.29, 1.82) is 0 Å². The number of phenols is 1. The van der Waals surface area contributed by atoms with Gasteiger partial charge in [-0.3, -0.25) is 20.4 Å². The molecule has 0 aliphatic carbocycles. The molecule has 2 amide bonds. The normalized spacial score (nSPS) is 11.6. The van der Waals surface area contributed by atoms with E-state index in [-0.39, 0.29) is 12.2 Å². The number of rotatable bonds is 5. The molecule has 0 spiro atoms. The van der Waals surface area contributed by atoms with Gasteiger partial charge in [-0.25, -0.2) is 0 Å². The SMILES string of the molecule is CC(Oc1ccc2ccccc2c1)C(=O)NNC(=O)Cc1ccccc1O. The second-order valence-electron chi connectivity index (χ2n) is 6.11. The number of hydrazine groups is 1.